The largest absolute Gasteiger partial charge is 0.314 e. The van der Waals surface area contributed by atoms with Gasteiger partial charge in [0.15, 0.2) is 0 Å². The van der Waals surface area contributed by atoms with Gasteiger partial charge in [0.25, 0.3) is 0 Å². The minimum atomic E-state index is 0.285. The molecule has 1 N–H and O–H groups in total. The van der Waals surface area contributed by atoms with E-state index in [1.807, 2.05) is 0 Å². The van der Waals surface area contributed by atoms with E-state index >= 15 is 0 Å². The zero-order chi connectivity index (χ0) is 14.7. The van der Waals surface area contributed by atoms with E-state index in [-0.39, 0.29) is 5.54 Å². The van der Waals surface area contributed by atoms with Crippen molar-refractivity contribution in [1.29, 1.82) is 0 Å². The van der Waals surface area contributed by atoms with E-state index in [1.165, 1.54) is 44.7 Å². The second-order valence-corrected chi connectivity index (χ2v) is 7.18. The van der Waals surface area contributed by atoms with Crippen LogP contribution in [0, 0.1) is 0 Å². The highest BCUT2D eigenvalue weighted by Gasteiger charge is 2.33. The normalized spacial score (nSPS) is 25.3. The first-order valence-corrected chi connectivity index (χ1v) is 8.38. The number of benzene rings is 1. The number of likely N-dealkylation sites (tertiary alicyclic amines) is 1. The molecule has 0 amide bonds. The maximum absolute atomic E-state index is 3.45. The number of nitrogens with one attached hydrogen (secondary N) is 1. The van der Waals surface area contributed by atoms with Crippen molar-refractivity contribution in [2.75, 3.05) is 45.8 Å². The number of hydrogen-bond acceptors (Lipinski definition) is 3. The van der Waals surface area contributed by atoms with Gasteiger partial charge in [-0.1, -0.05) is 30.3 Å². The Bertz CT molecular complexity index is 437. The van der Waals surface area contributed by atoms with Crippen molar-refractivity contribution in [3.63, 3.8) is 0 Å². The molecule has 2 aliphatic heterocycles. The van der Waals surface area contributed by atoms with Crippen LogP contribution in [0.5, 0.6) is 0 Å². The minimum absolute atomic E-state index is 0.285. The van der Waals surface area contributed by atoms with Crippen molar-refractivity contribution in [2.45, 2.75) is 31.7 Å². The maximum atomic E-state index is 3.45. The fourth-order valence-corrected chi connectivity index (χ4v) is 3.89. The number of rotatable bonds is 4. The van der Waals surface area contributed by atoms with Gasteiger partial charge in [-0.05, 0) is 38.3 Å². The Balaban J connectivity index is 1.56. The van der Waals surface area contributed by atoms with Crippen molar-refractivity contribution in [2.24, 2.45) is 0 Å². The highest BCUT2D eigenvalue weighted by Crippen LogP contribution is 2.29. The predicted molar refractivity (Wildman–Crippen MR) is 88.8 cm³/mol. The predicted octanol–water partition coefficient (Wildman–Crippen LogP) is 2.16. The molecule has 3 heteroatoms. The molecule has 0 bridgehead atoms. The smallest absolute Gasteiger partial charge is 0.0281 e. The van der Waals surface area contributed by atoms with Gasteiger partial charge in [0.2, 0.25) is 0 Å². The van der Waals surface area contributed by atoms with Crippen LogP contribution in [0.25, 0.3) is 0 Å². The van der Waals surface area contributed by atoms with Gasteiger partial charge in [-0.3, -0.25) is 4.90 Å². The zero-order valence-corrected chi connectivity index (χ0v) is 13.5. The van der Waals surface area contributed by atoms with E-state index < -0.39 is 0 Å². The molecule has 2 fully saturated rings. The summed E-state index contributed by atoms with van der Waals surface area (Å²) in [7, 11) is 0. The van der Waals surface area contributed by atoms with Crippen molar-refractivity contribution >= 4 is 0 Å². The van der Waals surface area contributed by atoms with Gasteiger partial charge in [-0.2, -0.15) is 0 Å². The Hall–Kier alpha value is -0.900. The Morgan fingerprint density at radius 1 is 1.10 bits per heavy atom. The molecule has 0 aromatic heterocycles. The lowest BCUT2D eigenvalue weighted by atomic mass is 9.98. The average Bonchev–Trinajstić information content (AvgIpc) is 2.97. The van der Waals surface area contributed by atoms with Gasteiger partial charge in [-0.25, -0.2) is 0 Å². The molecule has 0 radical (unpaired) electrons. The molecule has 1 aromatic rings. The third-order valence-corrected chi connectivity index (χ3v) is 5.13. The SMILES string of the molecule is CC(C)(CN1CCC(c2ccccc2)C1)N1CCNCC1. The van der Waals surface area contributed by atoms with Gasteiger partial charge in [-0.15, -0.1) is 0 Å². The molecule has 116 valence electrons. The van der Waals surface area contributed by atoms with Crippen LogP contribution in [0.1, 0.15) is 31.7 Å². The molecule has 2 heterocycles. The molecule has 1 unspecified atom stereocenters. The van der Waals surface area contributed by atoms with Crippen LogP contribution in [0.3, 0.4) is 0 Å². The van der Waals surface area contributed by atoms with Gasteiger partial charge >= 0.3 is 0 Å². The standard InChI is InChI=1S/C18H29N3/c1-18(2,21-12-9-19-10-13-21)15-20-11-8-17(14-20)16-6-4-3-5-7-16/h3-7,17,19H,8-15H2,1-2H3. The molecule has 1 atom stereocenters. The Morgan fingerprint density at radius 2 is 1.81 bits per heavy atom. The molecule has 21 heavy (non-hydrogen) atoms. The van der Waals surface area contributed by atoms with Gasteiger partial charge in [0.05, 0.1) is 0 Å². The van der Waals surface area contributed by atoms with Crippen molar-refractivity contribution in [3.8, 4) is 0 Å². The quantitative estimate of drug-likeness (QED) is 0.915. The monoisotopic (exact) mass is 287 g/mol. The summed E-state index contributed by atoms with van der Waals surface area (Å²) in [4.78, 5) is 5.32. The van der Waals surface area contributed by atoms with Crippen molar-refractivity contribution in [1.82, 2.24) is 15.1 Å². The number of nitrogens with zero attached hydrogens (tertiary/aromatic N) is 2. The summed E-state index contributed by atoms with van der Waals surface area (Å²) in [6.07, 6.45) is 1.31. The second kappa shape index (κ2) is 6.47. The molecule has 0 aliphatic carbocycles. The summed E-state index contributed by atoms with van der Waals surface area (Å²) >= 11 is 0. The highest BCUT2D eigenvalue weighted by molar-refractivity contribution is 5.21. The maximum Gasteiger partial charge on any atom is 0.0281 e. The van der Waals surface area contributed by atoms with Crippen LogP contribution in [-0.4, -0.2) is 61.2 Å². The lowest BCUT2D eigenvalue weighted by Gasteiger charge is -2.43. The third kappa shape index (κ3) is 3.65. The molecule has 2 saturated heterocycles. The lowest BCUT2D eigenvalue weighted by molar-refractivity contribution is 0.0704. The summed E-state index contributed by atoms with van der Waals surface area (Å²) in [6.45, 7) is 13.1. The van der Waals surface area contributed by atoms with Crippen LogP contribution in [-0.2, 0) is 0 Å². The van der Waals surface area contributed by atoms with Crippen LogP contribution < -0.4 is 5.32 Å². The molecular weight excluding hydrogens is 258 g/mol. The summed E-state index contributed by atoms with van der Waals surface area (Å²) in [5.41, 5.74) is 1.80. The fourth-order valence-electron chi connectivity index (χ4n) is 3.89. The van der Waals surface area contributed by atoms with E-state index in [1.54, 1.807) is 0 Å². The second-order valence-electron chi connectivity index (χ2n) is 7.18. The summed E-state index contributed by atoms with van der Waals surface area (Å²) in [5, 5.41) is 3.45. The molecule has 3 rings (SSSR count). The van der Waals surface area contributed by atoms with Crippen LogP contribution in [0.4, 0.5) is 0 Å². The van der Waals surface area contributed by atoms with Crippen LogP contribution in [0.15, 0.2) is 30.3 Å². The topological polar surface area (TPSA) is 18.5 Å². The average molecular weight is 287 g/mol. The molecule has 2 aliphatic rings. The number of hydrogen-bond donors (Lipinski definition) is 1. The minimum Gasteiger partial charge on any atom is -0.314 e. The van der Waals surface area contributed by atoms with E-state index in [2.05, 4.69) is 59.3 Å². The molecule has 1 aromatic carbocycles. The molecule has 0 spiro atoms. The zero-order valence-electron chi connectivity index (χ0n) is 13.5. The van der Waals surface area contributed by atoms with E-state index in [0.717, 1.165) is 19.0 Å². The Kier molecular flexibility index (Phi) is 4.63. The van der Waals surface area contributed by atoms with Crippen molar-refractivity contribution < 1.29 is 0 Å². The Labute approximate surface area is 129 Å². The van der Waals surface area contributed by atoms with Gasteiger partial charge in [0.1, 0.15) is 0 Å². The fraction of sp³-hybridized carbons (Fsp3) is 0.667. The number of piperazine rings is 1. The third-order valence-electron chi connectivity index (χ3n) is 5.13. The summed E-state index contributed by atoms with van der Waals surface area (Å²) < 4.78 is 0. The van der Waals surface area contributed by atoms with Crippen molar-refractivity contribution in [3.05, 3.63) is 35.9 Å². The van der Waals surface area contributed by atoms with E-state index in [0.29, 0.717) is 0 Å². The van der Waals surface area contributed by atoms with Crippen LogP contribution >= 0.6 is 0 Å². The Morgan fingerprint density at radius 3 is 2.52 bits per heavy atom. The van der Waals surface area contributed by atoms with E-state index in [9.17, 15) is 0 Å². The first-order chi connectivity index (χ1) is 10.1. The van der Waals surface area contributed by atoms with E-state index in [4.69, 9.17) is 0 Å². The summed E-state index contributed by atoms with van der Waals surface area (Å²) in [6, 6.07) is 11.0. The molecular formula is C18H29N3. The van der Waals surface area contributed by atoms with Gasteiger partial charge in [0, 0.05) is 44.8 Å². The van der Waals surface area contributed by atoms with Gasteiger partial charge < -0.3 is 10.2 Å². The highest BCUT2D eigenvalue weighted by atomic mass is 15.3. The molecule has 0 saturated carbocycles. The first kappa shape index (κ1) is 15.0. The first-order valence-electron chi connectivity index (χ1n) is 8.38. The summed E-state index contributed by atoms with van der Waals surface area (Å²) in [5.74, 6) is 0.727. The molecule has 3 nitrogen and oxygen atoms in total. The van der Waals surface area contributed by atoms with Crippen LogP contribution in [0.2, 0.25) is 0 Å². The lowest BCUT2D eigenvalue weighted by Crippen LogP contribution is -2.57.